The molecule has 2 rings (SSSR count). The summed E-state index contributed by atoms with van der Waals surface area (Å²) in [6.45, 7) is 0.139. The van der Waals surface area contributed by atoms with Gasteiger partial charge in [0.1, 0.15) is 18.2 Å². The molecule has 17 heavy (non-hydrogen) atoms. The number of aromatic nitrogens is 1. The Kier molecular flexibility index (Phi) is 3.67. The Morgan fingerprint density at radius 2 is 1.88 bits per heavy atom. The quantitative estimate of drug-likeness (QED) is 0.881. The van der Waals surface area contributed by atoms with E-state index in [9.17, 15) is 4.39 Å². The number of benzene rings is 1. The number of hydrogen-bond acceptors (Lipinski definition) is 3. The van der Waals surface area contributed by atoms with E-state index in [1.54, 1.807) is 18.5 Å². The Hall–Kier alpha value is -1.94. The fourth-order valence-corrected chi connectivity index (χ4v) is 1.44. The van der Waals surface area contributed by atoms with Gasteiger partial charge < -0.3 is 9.84 Å². The molecule has 0 spiro atoms. The molecule has 0 atom stereocenters. The molecule has 0 aliphatic carbocycles. The lowest BCUT2D eigenvalue weighted by Gasteiger charge is -2.07. The maximum Gasteiger partial charge on any atom is 0.127 e. The Bertz CT molecular complexity index is 488. The fourth-order valence-electron chi connectivity index (χ4n) is 1.44. The van der Waals surface area contributed by atoms with Crippen molar-refractivity contribution in [3.8, 4) is 5.75 Å². The van der Waals surface area contributed by atoms with E-state index in [0.29, 0.717) is 17.9 Å². The first-order valence-corrected chi connectivity index (χ1v) is 5.20. The van der Waals surface area contributed by atoms with Gasteiger partial charge in [-0.05, 0) is 35.4 Å². The van der Waals surface area contributed by atoms with Gasteiger partial charge in [-0.25, -0.2) is 4.39 Å². The summed E-state index contributed by atoms with van der Waals surface area (Å²) >= 11 is 0. The molecule has 1 N–H and O–H groups in total. The normalized spacial score (nSPS) is 10.2. The summed E-state index contributed by atoms with van der Waals surface area (Å²) < 4.78 is 18.6. The van der Waals surface area contributed by atoms with Crippen LogP contribution in [0.25, 0.3) is 0 Å². The standard InChI is InChI=1S/C13H12FNO2/c14-12-5-11(8-16)6-13(7-12)17-9-10-1-3-15-4-2-10/h1-7,16H,8-9H2. The van der Waals surface area contributed by atoms with Crippen molar-refractivity contribution in [3.63, 3.8) is 0 Å². The van der Waals surface area contributed by atoms with E-state index in [-0.39, 0.29) is 6.61 Å². The van der Waals surface area contributed by atoms with Crippen LogP contribution in [0.3, 0.4) is 0 Å². The van der Waals surface area contributed by atoms with E-state index in [1.165, 1.54) is 12.1 Å². The Labute approximate surface area is 98.5 Å². The summed E-state index contributed by atoms with van der Waals surface area (Å²) in [4.78, 5) is 3.89. The summed E-state index contributed by atoms with van der Waals surface area (Å²) in [6, 6.07) is 7.84. The first kappa shape index (κ1) is 11.5. The van der Waals surface area contributed by atoms with Crippen LogP contribution in [0.4, 0.5) is 4.39 Å². The van der Waals surface area contributed by atoms with Crippen LogP contribution in [0.2, 0.25) is 0 Å². The van der Waals surface area contributed by atoms with Crippen molar-refractivity contribution in [2.45, 2.75) is 13.2 Å². The zero-order valence-corrected chi connectivity index (χ0v) is 9.14. The van der Waals surface area contributed by atoms with E-state index in [0.717, 1.165) is 5.56 Å². The Morgan fingerprint density at radius 3 is 2.59 bits per heavy atom. The maximum atomic E-state index is 13.1. The molecule has 0 aliphatic rings. The third kappa shape index (κ3) is 3.26. The van der Waals surface area contributed by atoms with Crippen molar-refractivity contribution < 1.29 is 14.2 Å². The highest BCUT2D eigenvalue weighted by atomic mass is 19.1. The fraction of sp³-hybridized carbons (Fsp3) is 0.154. The highest BCUT2D eigenvalue weighted by Crippen LogP contribution is 2.17. The summed E-state index contributed by atoms with van der Waals surface area (Å²) in [5, 5.41) is 8.94. The van der Waals surface area contributed by atoms with Gasteiger partial charge in [-0.2, -0.15) is 0 Å². The van der Waals surface area contributed by atoms with Gasteiger partial charge in [0.05, 0.1) is 6.61 Å². The lowest BCUT2D eigenvalue weighted by atomic mass is 10.2. The number of aliphatic hydroxyl groups is 1. The molecule has 0 saturated heterocycles. The molecule has 0 saturated carbocycles. The third-order valence-electron chi connectivity index (χ3n) is 2.27. The second-order valence-corrected chi connectivity index (χ2v) is 3.60. The molecule has 1 aromatic carbocycles. The van der Waals surface area contributed by atoms with Crippen molar-refractivity contribution in [1.82, 2.24) is 4.98 Å². The number of ether oxygens (including phenoxy) is 1. The smallest absolute Gasteiger partial charge is 0.127 e. The third-order valence-corrected chi connectivity index (χ3v) is 2.27. The maximum absolute atomic E-state index is 13.1. The monoisotopic (exact) mass is 233 g/mol. The molecule has 88 valence electrons. The molecule has 0 aliphatic heterocycles. The predicted molar refractivity (Wildman–Crippen MR) is 60.9 cm³/mol. The molecular weight excluding hydrogens is 221 g/mol. The second-order valence-electron chi connectivity index (χ2n) is 3.60. The molecule has 0 radical (unpaired) electrons. The predicted octanol–water partition coefficient (Wildman–Crippen LogP) is 2.29. The summed E-state index contributed by atoms with van der Waals surface area (Å²) in [6.07, 6.45) is 3.34. The molecule has 1 heterocycles. The molecule has 0 amide bonds. The Balaban J connectivity index is 2.06. The minimum atomic E-state index is -0.415. The first-order chi connectivity index (χ1) is 8.28. The van der Waals surface area contributed by atoms with Gasteiger partial charge in [0.2, 0.25) is 0 Å². The molecule has 0 fully saturated rings. The van der Waals surface area contributed by atoms with E-state index >= 15 is 0 Å². The molecule has 2 aromatic rings. The zero-order valence-electron chi connectivity index (χ0n) is 9.14. The van der Waals surface area contributed by atoms with Crippen LogP contribution in [-0.4, -0.2) is 10.1 Å². The van der Waals surface area contributed by atoms with Crippen LogP contribution in [-0.2, 0) is 13.2 Å². The van der Waals surface area contributed by atoms with Crippen molar-refractivity contribution in [3.05, 3.63) is 59.7 Å². The van der Waals surface area contributed by atoms with Crippen LogP contribution >= 0.6 is 0 Å². The number of nitrogens with zero attached hydrogens (tertiary/aromatic N) is 1. The molecule has 1 aromatic heterocycles. The van der Waals surface area contributed by atoms with Gasteiger partial charge in [0.15, 0.2) is 0 Å². The van der Waals surface area contributed by atoms with Crippen LogP contribution in [0.1, 0.15) is 11.1 Å². The van der Waals surface area contributed by atoms with Crippen molar-refractivity contribution >= 4 is 0 Å². The molecular formula is C13H12FNO2. The summed E-state index contributed by atoms with van der Waals surface area (Å²) in [7, 11) is 0. The van der Waals surface area contributed by atoms with Crippen molar-refractivity contribution in [1.29, 1.82) is 0 Å². The van der Waals surface area contributed by atoms with Gasteiger partial charge in [-0.1, -0.05) is 0 Å². The minimum absolute atomic E-state index is 0.205. The van der Waals surface area contributed by atoms with Crippen LogP contribution in [0.5, 0.6) is 5.75 Å². The van der Waals surface area contributed by atoms with Crippen molar-refractivity contribution in [2.24, 2.45) is 0 Å². The Morgan fingerprint density at radius 1 is 1.12 bits per heavy atom. The van der Waals surface area contributed by atoms with Gasteiger partial charge in [0, 0.05) is 18.5 Å². The largest absolute Gasteiger partial charge is 0.489 e. The van der Waals surface area contributed by atoms with Crippen LogP contribution in [0, 0.1) is 5.82 Å². The highest BCUT2D eigenvalue weighted by molar-refractivity contribution is 5.29. The SMILES string of the molecule is OCc1cc(F)cc(OCc2ccncc2)c1. The van der Waals surface area contributed by atoms with Crippen LogP contribution < -0.4 is 4.74 Å². The molecule has 0 bridgehead atoms. The number of rotatable bonds is 4. The molecule has 3 nitrogen and oxygen atoms in total. The lowest BCUT2D eigenvalue weighted by molar-refractivity contribution is 0.276. The minimum Gasteiger partial charge on any atom is -0.489 e. The van der Waals surface area contributed by atoms with Gasteiger partial charge in [-0.15, -0.1) is 0 Å². The van der Waals surface area contributed by atoms with Gasteiger partial charge in [0.25, 0.3) is 0 Å². The number of aliphatic hydroxyl groups excluding tert-OH is 1. The lowest BCUT2D eigenvalue weighted by Crippen LogP contribution is -1.97. The molecule has 4 heteroatoms. The van der Waals surface area contributed by atoms with E-state index in [2.05, 4.69) is 4.98 Å². The van der Waals surface area contributed by atoms with Crippen LogP contribution in [0.15, 0.2) is 42.7 Å². The van der Waals surface area contributed by atoms with E-state index in [1.807, 2.05) is 12.1 Å². The second kappa shape index (κ2) is 5.41. The average Bonchev–Trinajstić information content (AvgIpc) is 2.37. The number of hydrogen-bond donors (Lipinski definition) is 1. The average molecular weight is 233 g/mol. The highest BCUT2D eigenvalue weighted by Gasteiger charge is 2.01. The molecule has 0 unspecified atom stereocenters. The summed E-state index contributed by atoms with van der Waals surface area (Å²) in [5.41, 5.74) is 1.45. The number of pyridine rings is 1. The van der Waals surface area contributed by atoms with E-state index in [4.69, 9.17) is 9.84 Å². The first-order valence-electron chi connectivity index (χ1n) is 5.20. The van der Waals surface area contributed by atoms with Gasteiger partial charge >= 0.3 is 0 Å². The van der Waals surface area contributed by atoms with E-state index < -0.39 is 5.82 Å². The topological polar surface area (TPSA) is 42.4 Å². The van der Waals surface area contributed by atoms with Gasteiger partial charge in [-0.3, -0.25) is 4.98 Å². The number of halogens is 1. The zero-order chi connectivity index (χ0) is 12.1. The summed E-state index contributed by atoms with van der Waals surface area (Å²) in [5.74, 6) is -0.00728. The van der Waals surface area contributed by atoms with Crippen molar-refractivity contribution in [2.75, 3.05) is 0 Å².